The van der Waals surface area contributed by atoms with Crippen LogP contribution in [0.3, 0.4) is 0 Å². The fourth-order valence-electron chi connectivity index (χ4n) is 6.77. The molecular weight excluding hydrogens is 571 g/mol. The number of rotatable bonds is 8. The van der Waals surface area contributed by atoms with Crippen molar-refractivity contribution < 1.29 is 32.3 Å². The highest BCUT2D eigenvalue weighted by molar-refractivity contribution is 5.94. The number of anilines is 1. The fraction of sp³-hybridized carbons (Fsp3) is 0.382. The van der Waals surface area contributed by atoms with E-state index in [-0.39, 0.29) is 29.0 Å². The molecule has 44 heavy (non-hydrogen) atoms. The zero-order chi connectivity index (χ0) is 30.2. The topological polar surface area (TPSA) is 88.7 Å². The molecule has 2 aromatic carbocycles. The summed E-state index contributed by atoms with van der Waals surface area (Å²) in [4.78, 5) is 18.3. The summed E-state index contributed by atoms with van der Waals surface area (Å²) in [5.41, 5.74) is 1.84. The second-order valence-corrected chi connectivity index (χ2v) is 12.5. The third kappa shape index (κ3) is 4.80. The normalized spacial score (nSPS) is 23.2. The third-order valence-electron chi connectivity index (χ3n) is 9.62. The van der Waals surface area contributed by atoms with Crippen molar-refractivity contribution in [3.05, 3.63) is 77.2 Å². The summed E-state index contributed by atoms with van der Waals surface area (Å²) in [6.45, 7) is 1.71. The van der Waals surface area contributed by atoms with E-state index in [0.29, 0.717) is 40.3 Å². The predicted octanol–water partition coefficient (Wildman–Crippen LogP) is 7.81. The number of carboxylic acid groups (broad SMARTS) is 1. The van der Waals surface area contributed by atoms with Crippen LogP contribution in [0, 0.1) is 17.8 Å². The van der Waals surface area contributed by atoms with Gasteiger partial charge in [-0.25, -0.2) is 9.78 Å². The predicted molar refractivity (Wildman–Crippen MR) is 158 cm³/mol. The van der Waals surface area contributed by atoms with Gasteiger partial charge in [0.1, 0.15) is 17.2 Å². The maximum atomic E-state index is 13.8. The zero-order valence-electron chi connectivity index (χ0n) is 23.8. The van der Waals surface area contributed by atoms with Crippen molar-refractivity contribution in [2.24, 2.45) is 17.8 Å². The molecule has 1 saturated heterocycles. The van der Waals surface area contributed by atoms with Crippen LogP contribution < -0.4 is 9.64 Å². The van der Waals surface area contributed by atoms with Crippen LogP contribution in [0.4, 0.5) is 18.9 Å². The molecule has 8 rings (SSSR count). The van der Waals surface area contributed by atoms with Gasteiger partial charge in [-0.15, -0.1) is 0 Å². The molecule has 226 valence electrons. The minimum absolute atomic E-state index is 0.0284. The van der Waals surface area contributed by atoms with E-state index in [2.05, 4.69) is 21.1 Å². The lowest BCUT2D eigenvalue weighted by Gasteiger charge is -2.27. The number of hydrogen-bond acceptors (Lipinski definition) is 6. The Labute approximate surface area is 251 Å². The van der Waals surface area contributed by atoms with E-state index >= 15 is 0 Å². The first kappa shape index (κ1) is 27.2. The second-order valence-electron chi connectivity index (χ2n) is 12.5. The third-order valence-corrected chi connectivity index (χ3v) is 9.62. The summed E-state index contributed by atoms with van der Waals surface area (Å²) in [6.07, 6.45) is 4.61. The van der Waals surface area contributed by atoms with E-state index in [9.17, 15) is 23.1 Å². The van der Waals surface area contributed by atoms with Gasteiger partial charge in [0.05, 0.1) is 17.2 Å². The highest BCUT2D eigenvalue weighted by Gasteiger charge is 2.54. The van der Waals surface area contributed by atoms with Gasteiger partial charge in [0.25, 0.3) is 0 Å². The fourth-order valence-corrected chi connectivity index (χ4v) is 6.77. The number of carboxylic acids is 1. The van der Waals surface area contributed by atoms with Crippen molar-refractivity contribution >= 4 is 28.6 Å². The molecule has 3 aliphatic carbocycles. The van der Waals surface area contributed by atoms with E-state index in [4.69, 9.17) is 9.26 Å². The van der Waals surface area contributed by atoms with E-state index in [1.165, 1.54) is 18.2 Å². The molecule has 1 N–H and O–H groups in total. The van der Waals surface area contributed by atoms with Crippen LogP contribution in [-0.2, 0) is 6.18 Å². The average molecular weight is 602 g/mol. The number of carbonyl (C=O) groups is 1. The summed E-state index contributed by atoms with van der Waals surface area (Å²) in [7, 11) is 0. The molecule has 0 amide bonds. The number of fused-ring (bicyclic) bond motifs is 2. The zero-order valence-corrected chi connectivity index (χ0v) is 23.8. The number of halogens is 3. The molecule has 4 fully saturated rings. The van der Waals surface area contributed by atoms with Crippen molar-refractivity contribution in [1.29, 1.82) is 0 Å². The molecule has 4 aliphatic rings. The molecule has 3 saturated carbocycles. The number of nitrogens with zero attached hydrogens (tertiary/aromatic N) is 3. The smallest absolute Gasteiger partial charge is 0.417 e. The maximum Gasteiger partial charge on any atom is 0.417 e. The lowest BCUT2D eigenvalue weighted by atomic mass is 9.96. The van der Waals surface area contributed by atoms with Gasteiger partial charge in [-0.05, 0) is 74.1 Å². The number of allylic oxidation sites excluding steroid dienone is 1. The molecule has 0 radical (unpaired) electrons. The van der Waals surface area contributed by atoms with Crippen LogP contribution >= 0.6 is 0 Å². The van der Waals surface area contributed by atoms with Crippen LogP contribution in [0.5, 0.6) is 5.75 Å². The molecular formula is C34H30F3N3O4. The molecule has 3 heterocycles. The number of piperidine rings is 1. The Morgan fingerprint density at radius 1 is 1.05 bits per heavy atom. The quantitative estimate of drug-likeness (QED) is 0.220. The molecule has 4 aromatic rings. The summed E-state index contributed by atoms with van der Waals surface area (Å²) >= 11 is 0. The summed E-state index contributed by atoms with van der Waals surface area (Å²) in [5, 5.41) is 14.5. The average Bonchev–Trinajstić information content (AvgIpc) is 3.84. The van der Waals surface area contributed by atoms with Crippen LogP contribution in [0.1, 0.15) is 65.4 Å². The first-order chi connectivity index (χ1) is 21.2. The number of aromatic nitrogens is 2. The Kier molecular flexibility index (Phi) is 6.25. The Bertz CT molecular complexity index is 1800. The highest BCUT2D eigenvalue weighted by Crippen LogP contribution is 2.54. The number of benzene rings is 2. The van der Waals surface area contributed by atoms with Crippen molar-refractivity contribution in [1.82, 2.24) is 10.1 Å². The highest BCUT2D eigenvalue weighted by atomic mass is 19.4. The Hall–Kier alpha value is -4.34. The SMILES string of the molecule is O=C(O)c1cc(OC2CCC2)c2cc(N3CC4C(C=Cc5c(-c6ccccc6C(F)(F)F)noc5C5CC5)C4C3)ccc2n1. The van der Waals surface area contributed by atoms with E-state index in [0.717, 1.165) is 62.3 Å². The molecule has 0 spiro atoms. The second kappa shape index (κ2) is 10.1. The van der Waals surface area contributed by atoms with Gasteiger partial charge in [-0.1, -0.05) is 35.5 Å². The van der Waals surface area contributed by atoms with Crippen LogP contribution in [-0.4, -0.2) is 40.4 Å². The minimum atomic E-state index is -4.49. The maximum absolute atomic E-state index is 13.8. The Morgan fingerprint density at radius 2 is 1.82 bits per heavy atom. The standard InChI is InChI=1S/C34H30F3N3O4/c35-34(36,37)27-7-2-1-6-22(27)31-23(32(44-39-31)18-8-9-18)12-11-21-25-16-40(17-26(21)25)19-10-13-28-24(14-19)30(43-20-4-3-5-20)15-29(38-28)33(41)42/h1-2,6-7,10-15,18,20-21,25-26H,3-5,8-9,16-17H2,(H,41,42). The van der Waals surface area contributed by atoms with Gasteiger partial charge in [0.15, 0.2) is 5.69 Å². The van der Waals surface area contributed by atoms with Crippen molar-refractivity contribution in [2.45, 2.75) is 50.3 Å². The first-order valence-electron chi connectivity index (χ1n) is 15.2. The van der Waals surface area contributed by atoms with Crippen molar-refractivity contribution in [3.8, 4) is 17.0 Å². The molecule has 2 atom stereocenters. The van der Waals surface area contributed by atoms with Crippen LogP contribution in [0.2, 0.25) is 0 Å². The molecule has 1 aliphatic heterocycles. The number of aromatic carboxylic acids is 1. The monoisotopic (exact) mass is 601 g/mol. The molecule has 10 heteroatoms. The molecule has 7 nitrogen and oxygen atoms in total. The molecule has 2 unspecified atom stereocenters. The van der Waals surface area contributed by atoms with Gasteiger partial charge < -0.3 is 19.3 Å². The van der Waals surface area contributed by atoms with Gasteiger partial charge in [-0.2, -0.15) is 13.2 Å². The minimum Gasteiger partial charge on any atom is -0.490 e. The van der Waals surface area contributed by atoms with Crippen LogP contribution in [0.25, 0.3) is 28.2 Å². The van der Waals surface area contributed by atoms with E-state index < -0.39 is 17.7 Å². The number of alkyl halides is 3. The summed E-state index contributed by atoms with van der Waals surface area (Å²) < 4.78 is 53.3. The number of pyridine rings is 1. The Balaban J connectivity index is 1.02. The Morgan fingerprint density at radius 3 is 2.50 bits per heavy atom. The summed E-state index contributed by atoms with van der Waals surface area (Å²) in [6, 6.07) is 12.9. The van der Waals surface area contributed by atoms with Crippen molar-refractivity contribution in [2.75, 3.05) is 18.0 Å². The van der Waals surface area contributed by atoms with Gasteiger partial charge in [0.2, 0.25) is 0 Å². The van der Waals surface area contributed by atoms with Gasteiger partial charge >= 0.3 is 12.1 Å². The summed E-state index contributed by atoms with van der Waals surface area (Å²) in [5.74, 6) is 1.57. The van der Waals surface area contributed by atoms with Crippen molar-refractivity contribution in [3.63, 3.8) is 0 Å². The molecule has 2 aromatic heterocycles. The first-order valence-corrected chi connectivity index (χ1v) is 15.2. The van der Waals surface area contributed by atoms with E-state index in [1.54, 1.807) is 6.07 Å². The van der Waals surface area contributed by atoms with Gasteiger partial charge in [-0.3, -0.25) is 0 Å². The molecule has 0 bridgehead atoms. The lowest BCUT2D eigenvalue weighted by Crippen LogP contribution is -2.25. The largest absolute Gasteiger partial charge is 0.490 e. The van der Waals surface area contributed by atoms with E-state index in [1.807, 2.05) is 24.3 Å². The number of hydrogen-bond donors (Lipinski definition) is 1. The van der Waals surface area contributed by atoms with Crippen LogP contribution in [0.15, 0.2) is 59.1 Å². The lowest BCUT2D eigenvalue weighted by molar-refractivity contribution is -0.137. The van der Waals surface area contributed by atoms with Gasteiger partial charge in [0, 0.05) is 47.3 Å². The number of ether oxygens (including phenoxy) is 1.